The van der Waals surface area contributed by atoms with E-state index in [4.69, 9.17) is 4.74 Å². The van der Waals surface area contributed by atoms with E-state index in [0.29, 0.717) is 17.0 Å². The van der Waals surface area contributed by atoms with Crippen molar-refractivity contribution in [2.45, 2.75) is 18.4 Å². The predicted molar refractivity (Wildman–Crippen MR) is 68.7 cm³/mol. The summed E-state index contributed by atoms with van der Waals surface area (Å²) >= 11 is 0. The number of amides is 2. The molecule has 4 atom stereocenters. The summed E-state index contributed by atoms with van der Waals surface area (Å²) in [5, 5.41) is 0. The Labute approximate surface area is 127 Å². The van der Waals surface area contributed by atoms with Crippen molar-refractivity contribution in [2.24, 2.45) is 11.8 Å². The lowest BCUT2D eigenvalue weighted by Crippen LogP contribution is -2.34. The quantitative estimate of drug-likeness (QED) is 0.452. The van der Waals surface area contributed by atoms with Crippen molar-refractivity contribution in [3.8, 4) is 0 Å². The molecular formula is C15H9F4NO3. The molecule has 1 aromatic carbocycles. The van der Waals surface area contributed by atoms with Gasteiger partial charge < -0.3 is 4.74 Å². The summed E-state index contributed by atoms with van der Waals surface area (Å²) in [6.07, 6.45) is -2.63. The van der Waals surface area contributed by atoms with Crippen LogP contribution < -0.4 is 4.90 Å². The maximum Gasteiger partial charge on any atom is 0.419 e. The second kappa shape index (κ2) is 4.41. The van der Waals surface area contributed by atoms with Gasteiger partial charge in [0.25, 0.3) is 0 Å². The molecule has 3 aliphatic rings. The Hall–Kier alpha value is -2.22. The van der Waals surface area contributed by atoms with Gasteiger partial charge in [0.2, 0.25) is 11.8 Å². The Morgan fingerprint density at radius 2 is 1.57 bits per heavy atom. The molecule has 0 radical (unpaired) electrons. The van der Waals surface area contributed by atoms with Crippen molar-refractivity contribution in [3.05, 3.63) is 41.7 Å². The number of anilines is 1. The Morgan fingerprint density at radius 3 is 2.09 bits per heavy atom. The second-order valence-corrected chi connectivity index (χ2v) is 5.68. The van der Waals surface area contributed by atoms with Crippen LogP contribution in [0.3, 0.4) is 0 Å². The molecule has 1 unspecified atom stereocenters. The first kappa shape index (κ1) is 14.4. The van der Waals surface area contributed by atoms with Crippen LogP contribution in [0.2, 0.25) is 0 Å². The lowest BCUT2D eigenvalue weighted by molar-refractivity contribution is -0.140. The average Bonchev–Trinajstić information content (AvgIpc) is 3.13. The summed E-state index contributed by atoms with van der Waals surface area (Å²) in [4.78, 5) is 25.6. The van der Waals surface area contributed by atoms with E-state index >= 15 is 0 Å². The fourth-order valence-corrected chi connectivity index (χ4v) is 3.43. The molecule has 3 aliphatic heterocycles. The molecule has 0 N–H and O–H groups in total. The highest BCUT2D eigenvalue weighted by Gasteiger charge is 2.61. The molecule has 2 fully saturated rings. The minimum Gasteiger partial charge on any atom is -0.365 e. The number of ether oxygens (including phenoxy) is 1. The molecule has 2 bridgehead atoms. The number of hydrogen-bond acceptors (Lipinski definition) is 3. The van der Waals surface area contributed by atoms with Crippen LogP contribution in [-0.2, 0) is 20.5 Å². The van der Waals surface area contributed by atoms with Crippen LogP contribution in [0.15, 0.2) is 30.4 Å². The van der Waals surface area contributed by atoms with Crippen molar-refractivity contribution >= 4 is 17.5 Å². The predicted octanol–water partition coefficient (Wildman–Crippen LogP) is 2.29. The van der Waals surface area contributed by atoms with Gasteiger partial charge in [-0.05, 0) is 18.2 Å². The lowest BCUT2D eigenvalue weighted by Gasteiger charge is -2.19. The van der Waals surface area contributed by atoms with Crippen LogP contribution >= 0.6 is 0 Å². The van der Waals surface area contributed by atoms with Crippen molar-refractivity contribution < 1.29 is 31.9 Å². The Bertz CT molecular complexity index is 728. The van der Waals surface area contributed by atoms with E-state index in [9.17, 15) is 27.2 Å². The number of nitrogens with zero attached hydrogens (tertiary/aromatic N) is 1. The average molecular weight is 327 g/mol. The minimum absolute atomic E-state index is 0.275. The number of alkyl halides is 3. The summed E-state index contributed by atoms with van der Waals surface area (Å²) in [6, 6.07) is 2.09. The van der Waals surface area contributed by atoms with Gasteiger partial charge >= 0.3 is 6.18 Å². The zero-order valence-corrected chi connectivity index (χ0v) is 11.4. The van der Waals surface area contributed by atoms with Crippen LogP contribution in [0.4, 0.5) is 23.2 Å². The van der Waals surface area contributed by atoms with Crippen molar-refractivity contribution in [1.82, 2.24) is 0 Å². The van der Waals surface area contributed by atoms with Gasteiger partial charge in [-0.2, -0.15) is 13.2 Å². The van der Waals surface area contributed by atoms with Gasteiger partial charge in [0, 0.05) is 0 Å². The van der Waals surface area contributed by atoms with E-state index in [0.717, 1.165) is 6.07 Å². The molecule has 120 valence electrons. The molecule has 4 nitrogen and oxygen atoms in total. The molecule has 0 spiro atoms. The van der Waals surface area contributed by atoms with E-state index in [1.807, 2.05) is 0 Å². The summed E-state index contributed by atoms with van der Waals surface area (Å²) in [7, 11) is 0. The number of fused-ring (bicyclic) bond motifs is 5. The molecule has 8 heteroatoms. The number of rotatable bonds is 1. The first-order valence-corrected chi connectivity index (χ1v) is 6.87. The van der Waals surface area contributed by atoms with Crippen LogP contribution in [0.25, 0.3) is 0 Å². The van der Waals surface area contributed by atoms with Gasteiger partial charge in [0.05, 0.1) is 35.3 Å². The SMILES string of the molecule is O=C1[C@@H]2[C@H](C(=O)N1c1ccc(F)c(C(F)(F)F)c1)C1C=C[C@H]2O1. The number of halogens is 4. The highest BCUT2D eigenvalue weighted by atomic mass is 19.4. The maximum absolute atomic E-state index is 13.4. The highest BCUT2D eigenvalue weighted by molar-refractivity contribution is 6.23. The van der Waals surface area contributed by atoms with Gasteiger partial charge in [0.15, 0.2) is 0 Å². The van der Waals surface area contributed by atoms with E-state index in [1.54, 1.807) is 12.2 Å². The fourth-order valence-electron chi connectivity index (χ4n) is 3.43. The summed E-state index contributed by atoms with van der Waals surface area (Å²) in [5.74, 6) is -4.13. The Morgan fingerprint density at radius 1 is 1.00 bits per heavy atom. The van der Waals surface area contributed by atoms with Crippen molar-refractivity contribution in [1.29, 1.82) is 0 Å². The topological polar surface area (TPSA) is 46.6 Å². The minimum atomic E-state index is -4.91. The van der Waals surface area contributed by atoms with E-state index in [-0.39, 0.29) is 5.69 Å². The van der Waals surface area contributed by atoms with Gasteiger partial charge in [-0.3, -0.25) is 9.59 Å². The number of carbonyl (C=O) groups excluding carboxylic acids is 2. The first-order chi connectivity index (χ1) is 10.8. The molecule has 2 amide bonds. The second-order valence-electron chi connectivity index (χ2n) is 5.68. The summed E-state index contributed by atoms with van der Waals surface area (Å²) in [5.41, 5.74) is -1.78. The fraction of sp³-hybridized carbons (Fsp3) is 0.333. The number of carbonyl (C=O) groups is 2. The molecule has 0 aromatic heterocycles. The Balaban J connectivity index is 1.75. The largest absolute Gasteiger partial charge is 0.419 e. The molecular weight excluding hydrogens is 318 g/mol. The maximum atomic E-state index is 13.4. The number of hydrogen-bond donors (Lipinski definition) is 0. The third-order valence-corrected chi connectivity index (χ3v) is 4.42. The van der Waals surface area contributed by atoms with Crippen LogP contribution in [-0.4, -0.2) is 24.0 Å². The van der Waals surface area contributed by atoms with Crippen LogP contribution in [0.5, 0.6) is 0 Å². The van der Waals surface area contributed by atoms with Crippen LogP contribution in [0.1, 0.15) is 5.56 Å². The van der Waals surface area contributed by atoms with Gasteiger partial charge in [-0.25, -0.2) is 9.29 Å². The van der Waals surface area contributed by atoms with Crippen molar-refractivity contribution in [2.75, 3.05) is 4.90 Å². The molecule has 23 heavy (non-hydrogen) atoms. The third-order valence-electron chi connectivity index (χ3n) is 4.42. The monoisotopic (exact) mass is 327 g/mol. The Kier molecular flexibility index (Phi) is 2.76. The first-order valence-electron chi connectivity index (χ1n) is 6.87. The standard InChI is InChI=1S/C15H9F4NO3/c16-8-2-1-6(5-7(8)15(17,18)19)20-13(21)11-9-3-4-10(23-9)12(11)14(20)22/h1-5,9-12H/t9-,10?,11+,12-/m1/s1. The molecule has 1 aromatic rings. The lowest BCUT2D eigenvalue weighted by atomic mass is 9.85. The molecule has 0 aliphatic carbocycles. The van der Waals surface area contributed by atoms with Crippen LogP contribution in [0, 0.1) is 17.7 Å². The van der Waals surface area contributed by atoms with Gasteiger partial charge in [-0.1, -0.05) is 12.2 Å². The zero-order chi connectivity index (χ0) is 16.5. The smallest absolute Gasteiger partial charge is 0.365 e. The molecule has 2 saturated heterocycles. The highest BCUT2D eigenvalue weighted by Crippen LogP contribution is 2.46. The molecule has 0 saturated carbocycles. The zero-order valence-electron chi connectivity index (χ0n) is 11.4. The van der Waals surface area contributed by atoms with Crippen molar-refractivity contribution in [3.63, 3.8) is 0 Å². The van der Waals surface area contributed by atoms with Gasteiger partial charge in [-0.15, -0.1) is 0 Å². The molecule has 4 rings (SSSR count). The van der Waals surface area contributed by atoms with Gasteiger partial charge in [0.1, 0.15) is 5.82 Å². The van der Waals surface area contributed by atoms with E-state index in [1.165, 1.54) is 0 Å². The number of benzene rings is 1. The number of imide groups is 1. The van der Waals surface area contributed by atoms with E-state index in [2.05, 4.69) is 0 Å². The third kappa shape index (κ3) is 1.87. The summed E-state index contributed by atoms with van der Waals surface area (Å²) < 4.78 is 57.3. The van der Waals surface area contributed by atoms with E-state index < -0.39 is 53.4 Å². The summed E-state index contributed by atoms with van der Waals surface area (Å²) in [6.45, 7) is 0. The molecule has 3 heterocycles. The normalized spacial score (nSPS) is 32.1.